The van der Waals surface area contributed by atoms with Crippen molar-refractivity contribution in [2.24, 2.45) is 0 Å². The maximum Gasteiger partial charge on any atom is 0.238 e. The molecule has 1 N–H and O–H groups in total. The van der Waals surface area contributed by atoms with E-state index in [-0.39, 0.29) is 11.8 Å². The van der Waals surface area contributed by atoms with Gasteiger partial charge in [-0.1, -0.05) is 24.3 Å². The fourth-order valence-corrected chi connectivity index (χ4v) is 3.59. The number of imidazole rings is 1. The van der Waals surface area contributed by atoms with Crippen molar-refractivity contribution in [3.8, 4) is 0 Å². The molecule has 150 valence electrons. The number of fused-ring (bicyclic) bond motifs is 1. The van der Waals surface area contributed by atoms with Crippen LogP contribution in [0.3, 0.4) is 0 Å². The number of carbonyl (C=O) groups excluding carboxylic acids is 2. The fraction of sp³-hybridized carbons (Fsp3) is 0.348. The summed E-state index contributed by atoms with van der Waals surface area (Å²) < 4.78 is 1.61. The van der Waals surface area contributed by atoms with E-state index in [9.17, 15) is 9.59 Å². The van der Waals surface area contributed by atoms with Gasteiger partial charge in [0.1, 0.15) is 6.33 Å². The lowest BCUT2D eigenvalue weighted by molar-refractivity contribution is -0.117. The fourth-order valence-electron chi connectivity index (χ4n) is 3.59. The van der Waals surface area contributed by atoms with Gasteiger partial charge in [-0.15, -0.1) is 0 Å². The Kier molecular flexibility index (Phi) is 5.45. The summed E-state index contributed by atoms with van der Waals surface area (Å²) >= 11 is 0. The average molecular weight is 390 g/mol. The molecule has 6 nitrogen and oxygen atoms in total. The second kappa shape index (κ2) is 8.17. The zero-order chi connectivity index (χ0) is 20.4. The molecule has 29 heavy (non-hydrogen) atoms. The van der Waals surface area contributed by atoms with Gasteiger partial charge in [0, 0.05) is 24.7 Å². The Bertz CT molecular complexity index is 1050. The Labute approximate surface area is 170 Å². The number of anilines is 1. The number of aryl methyl sites for hydroxylation is 2. The van der Waals surface area contributed by atoms with Gasteiger partial charge in [0.15, 0.2) is 0 Å². The van der Waals surface area contributed by atoms with E-state index in [0.29, 0.717) is 25.6 Å². The van der Waals surface area contributed by atoms with Crippen LogP contribution in [0.4, 0.5) is 5.69 Å². The van der Waals surface area contributed by atoms with E-state index in [0.717, 1.165) is 40.7 Å². The Morgan fingerprint density at radius 3 is 2.76 bits per heavy atom. The standard InChI is InChI=1S/C23H26N4O2/c1-16-7-8-17(2)20(13-16)25-22(28)14-26(18-9-10-18)12-11-23(29)27-15-24-19-5-3-4-6-21(19)27/h3-8,13,15,18H,9-12,14H2,1-2H3,(H,25,28). The summed E-state index contributed by atoms with van der Waals surface area (Å²) in [6, 6.07) is 14.0. The highest BCUT2D eigenvalue weighted by atomic mass is 16.2. The summed E-state index contributed by atoms with van der Waals surface area (Å²) in [7, 11) is 0. The third-order valence-electron chi connectivity index (χ3n) is 5.41. The third-order valence-corrected chi connectivity index (χ3v) is 5.41. The predicted octanol–water partition coefficient (Wildman–Crippen LogP) is 3.79. The monoisotopic (exact) mass is 390 g/mol. The molecule has 6 heteroatoms. The smallest absolute Gasteiger partial charge is 0.238 e. The van der Waals surface area contributed by atoms with E-state index in [1.54, 1.807) is 10.9 Å². The molecule has 0 bridgehead atoms. The van der Waals surface area contributed by atoms with Crippen molar-refractivity contribution in [1.82, 2.24) is 14.5 Å². The van der Waals surface area contributed by atoms with Crippen LogP contribution in [0.5, 0.6) is 0 Å². The zero-order valence-corrected chi connectivity index (χ0v) is 16.9. The first-order chi connectivity index (χ1) is 14.0. The van der Waals surface area contributed by atoms with Gasteiger partial charge in [0.25, 0.3) is 0 Å². The molecule has 1 aliphatic rings. The number of rotatable bonds is 7. The molecule has 0 spiro atoms. The van der Waals surface area contributed by atoms with Gasteiger partial charge >= 0.3 is 0 Å². The summed E-state index contributed by atoms with van der Waals surface area (Å²) in [5.74, 6) is -0.0367. The van der Waals surface area contributed by atoms with Crippen LogP contribution in [0.1, 0.15) is 35.2 Å². The lowest BCUT2D eigenvalue weighted by Gasteiger charge is -2.21. The van der Waals surface area contributed by atoms with Crippen molar-refractivity contribution in [2.75, 3.05) is 18.4 Å². The SMILES string of the molecule is Cc1ccc(C)c(NC(=O)CN(CCC(=O)n2cnc3ccccc32)C2CC2)c1. The molecular formula is C23H26N4O2. The molecular weight excluding hydrogens is 364 g/mol. The van der Waals surface area contributed by atoms with Gasteiger partial charge in [-0.2, -0.15) is 0 Å². The van der Waals surface area contributed by atoms with Crippen LogP contribution in [0.2, 0.25) is 0 Å². The van der Waals surface area contributed by atoms with E-state index in [1.807, 2.05) is 56.3 Å². The van der Waals surface area contributed by atoms with Crippen molar-refractivity contribution < 1.29 is 9.59 Å². The van der Waals surface area contributed by atoms with E-state index >= 15 is 0 Å². The average Bonchev–Trinajstić information content (AvgIpc) is 3.46. The summed E-state index contributed by atoms with van der Waals surface area (Å²) in [6.07, 6.45) is 4.10. The number of amides is 1. The van der Waals surface area contributed by atoms with Crippen LogP contribution in [-0.2, 0) is 4.79 Å². The summed E-state index contributed by atoms with van der Waals surface area (Å²) in [6.45, 7) is 4.87. The van der Waals surface area contributed by atoms with Crippen LogP contribution in [0.15, 0.2) is 48.8 Å². The van der Waals surface area contributed by atoms with E-state index in [4.69, 9.17) is 0 Å². The molecule has 1 saturated carbocycles. The molecule has 0 atom stereocenters. The predicted molar refractivity (Wildman–Crippen MR) is 114 cm³/mol. The lowest BCUT2D eigenvalue weighted by atomic mass is 10.1. The van der Waals surface area contributed by atoms with Gasteiger partial charge in [0.05, 0.1) is 17.6 Å². The van der Waals surface area contributed by atoms with Gasteiger partial charge in [-0.3, -0.25) is 19.1 Å². The molecule has 1 aliphatic carbocycles. The summed E-state index contributed by atoms with van der Waals surface area (Å²) in [4.78, 5) is 31.7. The van der Waals surface area contributed by atoms with Gasteiger partial charge < -0.3 is 5.32 Å². The molecule has 0 unspecified atom stereocenters. The molecule has 1 fully saturated rings. The summed E-state index contributed by atoms with van der Waals surface area (Å²) in [5, 5.41) is 3.02. The molecule has 2 aromatic carbocycles. The van der Waals surface area contributed by atoms with Gasteiger partial charge in [-0.25, -0.2) is 4.98 Å². The number of para-hydroxylation sites is 2. The molecule has 1 heterocycles. The van der Waals surface area contributed by atoms with E-state index in [2.05, 4.69) is 15.2 Å². The minimum atomic E-state index is -0.0360. The Balaban J connectivity index is 1.37. The highest BCUT2D eigenvalue weighted by Gasteiger charge is 2.30. The number of hydrogen-bond donors (Lipinski definition) is 1. The van der Waals surface area contributed by atoms with Gasteiger partial charge in [0.2, 0.25) is 11.8 Å². The second-order valence-corrected chi connectivity index (χ2v) is 7.82. The van der Waals surface area contributed by atoms with E-state index < -0.39 is 0 Å². The number of nitrogens with zero attached hydrogens (tertiary/aromatic N) is 3. The highest BCUT2D eigenvalue weighted by molar-refractivity contribution is 5.93. The summed E-state index contributed by atoms with van der Waals surface area (Å²) in [5.41, 5.74) is 4.65. The zero-order valence-electron chi connectivity index (χ0n) is 16.9. The van der Waals surface area contributed by atoms with Crippen molar-refractivity contribution in [3.05, 3.63) is 59.9 Å². The first-order valence-corrected chi connectivity index (χ1v) is 10.1. The second-order valence-electron chi connectivity index (χ2n) is 7.82. The molecule has 1 amide bonds. The largest absolute Gasteiger partial charge is 0.325 e. The van der Waals surface area contributed by atoms with Crippen LogP contribution in [0, 0.1) is 13.8 Å². The van der Waals surface area contributed by atoms with Crippen LogP contribution < -0.4 is 5.32 Å². The Morgan fingerprint density at radius 2 is 1.97 bits per heavy atom. The quantitative estimate of drug-likeness (QED) is 0.667. The van der Waals surface area contributed by atoms with Crippen molar-refractivity contribution in [3.63, 3.8) is 0 Å². The molecule has 4 rings (SSSR count). The minimum Gasteiger partial charge on any atom is -0.325 e. The number of aromatic nitrogens is 2. The van der Waals surface area contributed by atoms with Gasteiger partial charge in [-0.05, 0) is 56.0 Å². The van der Waals surface area contributed by atoms with Crippen LogP contribution in [-0.4, -0.2) is 45.4 Å². The topological polar surface area (TPSA) is 67.2 Å². The maximum absolute atomic E-state index is 12.7. The van der Waals surface area contributed by atoms with Crippen LogP contribution in [0.25, 0.3) is 11.0 Å². The van der Waals surface area contributed by atoms with Crippen molar-refractivity contribution in [1.29, 1.82) is 0 Å². The molecule has 1 aromatic heterocycles. The molecule has 0 aliphatic heterocycles. The van der Waals surface area contributed by atoms with Crippen molar-refractivity contribution in [2.45, 2.75) is 39.2 Å². The lowest BCUT2D eigenvalue weighted by Crippen LogP contribution is -2.36. The molecule has 3 aromatic rings. The Hall–Kier alpha value is -2.99. The maximum atomic E-state index is 12.7. The number of nitrogens with one attached hydrogen (secondary N) is 1. The minimum absolute atomic E-state index is 0.000660. The number of benzene rings is 2. The first-order valence-electron chi connectivity index (χ1n) is 10.1. The molecule has 0 radical (unpaired) electrons. The van der Waals surface area contributed by atoms with Crippen molar-refractivity contribution >= 4 is 28.5 Å². The molecule has 0 saturated heterocycles. The number of carbonyl (C=O) groups is 2. The first kappa shape index (κ1) is 19.3. The van der Waals surface area contributed by atoms with E-state index in [1.165, 1.54) is 0 Å². The van der Waals surface area contributed by atoms with Crippen LogP contribution >= 0.6 is 0 Å². The third kappa shape index (κ3) is 4.54. The number of hydrogen-bond acceptors (Lipinski definition) is 4. The highest BCUT2D eigenvalue weighted by Crippen LogP contribution is 2.27. The Morgan fingerprint density at radius 1 is 1.17 bits per heavy atom. The normalized spacial score (nSPS) is 13.8.